The maximum Gasteiger partial charge on any atom is 0.316 e. The molecule has 3 rings (SSSR count). The number of rotatable bonds is 5. The first kappa shape index (κ1) is 26.5. The second-order valence-corrected chi connectivity index (χ2v) is 7.88. The molecule has 0 aliphatic carbocycles. The SMILES string of the molecule is Br.CC(C)[N+]1(C)[C@@H]2CC[C@H]1CC(OC(=O)C(CO)c1ccccc1)C2.N.[Br-]. The molecular weight excluding hydrogens is 476 g/mol. The van der Waals surface area contributed by atoms with E-state index in [1.54, 1.807) is 0 Å². The van der Waals surface area contributed by atoms with Crippen molar-refractivity contribution < 1.29 is 36.1 Å². The number of hydrogen-bond donors (Lipinski definition) is 2. The quantitative estimate of drug-likeness (QED) is 0.449. The molecule has 7 heteroatoms. The van der Waals surface area contributed by atoms with Gasteiger partial charge in [-0.2, -0.15) is 0 Å². The van der Waals surface area contributed by atoms with Crippen LogP contribution in [0.15, 0.2) is 30.3 Å². The second-order valence-electron chi connectivity index (χ2n) is 7.88. The van der Waals surface area contributed by atoms with Crippen molar-refractivity contribution in [2.24, 2.45) is 0 Å². The monoisotopic (exact) mass is 508 g/mol. The van der Waals surface area contributed by atoms with Gasteiger partial charge >= 0.3 is 5.97 Å². The molecule has 0 saturated carbocycles. The standard InChI is InChI=1S/C20H30NO3.2BrH.H3N/c1-14(2)21(3)16-9-10-17(21)12-18(11-16)24-20(23)19(13-22)15-7-5-4-6-8-15;;;/h4-8,14,16-19,22H,9-13H2,1-3H3;2*1H;1H3/q+1;;;/p-1/t16-,17+,18?,19?,21?;;;. The zero-order valence-electron chi connectivity index (χ0n) is 16.5. The van der Waals surface area contributed by atoms with Gasteiger partial charge in [-0.15, -0.1) is 17.0 Å². The minimum absolute atomic E-state index is 0. The summed E-state index contributed by atoms with van der Waals surface area (Å²) in [5.41, 5.74) is 0.826. The molecule has 1 aromatic rings. The van der Waals surface area contributed by atoms with Gasteiger partial charge in [0, 0.05) is 25.7 Å². The Balaban J connectivity index is 0.00000225. The molecule has 4 N–H and O–H groups in total. The van der Waals surface area contributed by atoms with E-state index >= 15 is 0 Å². The van der Waals surface area contributed by atoms with Crippen molar-refractivity contribution in [1.29, 1.82) is 0 Å². The first-order valence-corrected chi connectivity index (χ1v) is 9.18. The predicted molar refractivity (Wildman–Crippen MR) is 109 cm³/mol. The molecule has 2 fully saturated rings. The number of hydrogen-bond acceptors (Lipinski definition) is 4. The summed E-state index contributed by atoms with van der Waals surface area (Å²) in [5, 5.41) is 9.65. The van der Waals surface area contributed by atoms with Crippen LogP contribution in [0.5, 0.6) is 0 Å². The molecule has 0 aromatic heterocycles. The molecule has 0 spiro atoms. The van der Waals surface area contributed by atoms with Crippen LogP contribution in [0.25, 0.3) is 0 Å². The molecule has 2 bridgehead atoms. The van der Waals surface area contributed by atoms with Gasteiger partial charge in [0.15, 0.2) is 0 Å². The van der Waals surface area contributed by atoms with E-state index in [1.807, 2.05) is 30.3 Å². The topological polar surface area (TPSA) is 81.5 Å². The number of benzene rings is 1. The summed E-state index contributed by atoms with van der Waals surface area (Å²) in [6.07, 6.45) is 4.36. The van der Waals surface area contributed by atoms with Gasteiger partial charge in [0.2, 0.25) is 0 Å². The van der Waals surface area contributed by atoms with Gasteiger partial charge in [-0.05, 0) is 19.4 Å². The highest BCUT2D eigenvalue weighted by Gasteiger charge is 2.53. The average Bonchev–Trinajstić information content (AvgIpc) is 2.74. The van der Waals surface area contributed by atoms with E-state index in [0.29, 0.717) is 18.1 Å². The van der Waals surface area contributed by atoms with Crippen LogP contribution >= 0.6 is 17.0 Å². The van der Waals surface area contributed by atoms with E-state index in [4.69, 9.17) is 4.74 Å². The van der Waals surface area contributed by atoms with Crippen molar-refractivity contribution in [2.45, 2.75) is 69.7 Å². The maximum atomic E-state index is 12.6. The Kier molecular flexibility index (Phi) is 10.7. The first-order chi connectivity index (χ1) is 11.5. The molecule has 1 aromatic carbocycles. The lowest BCUT2D eigenvalue weighted by atomic mass is 9.94. The number of aliphatic hydroxyl groups excluding tert-OH is 1. The number of carbonyl (C=O) groups excluding carboxylic acids is 1. The van der Waals surface area contributed by atoms with E-state index < -0.39 is 5.92 Å². The van der Waals surface area contributed by atoms with Gasteiger partial charge < -0.3 is 37.5 Å². The van der Waals surface area contributed by atoms with Crippen molar-refractivity contribution in [1.82, 2.24) is 6.15 Å². The Bertz CT molecular complexity index is 572. The number of fused-ring (bicyclic) bond motifs is 2. The number of carbonyl (C=O) groups is 1. The van der Waals surface area contributed by atoms with Crippen molar-refractivity contribution in [3.05, 3.63) is 35.9 Å². The number of piperidine rings is 1. The molecule has 5 nitrogen and oxygen atoms in total. The highest BCUT2D eigenvalue weighted by Crippen LogP contribution is 2.44. The third-order valence-corrected chi connectivity index (χ3v) is 6.54. The van der Waals surface area contributed by atoms with Gasteiger partial charge in [0.25, 0.3) is 0 Å². The molecule has 2 aliphatic rings. The smallest absolute Gasteiger partial charge is 0.316 e. The predicted octanol–water partition coefficient (Wildman–Crippen LogP) is 0.598. The Morgan fingerprint density at radius 1 is 1.19 bits per heavy atom. The Morgan fingerprint density at radius 2 is 1.70 bits per heavy atom. The molecule has 0 radical (unpaired) electrons. The Morgan fingerprint density at radius 3 is 2.15 bits per heavy atom. The fourth-order valence-corrected chi connectivity index (χ4v) is 4.82. The Hall–Kier alpha value is -0.470. The van der Waals surface area contributed by atoms with Crippen molar-refractivity contribution in [3.8, 4) is 0 Å². The van der Waals surface area contributed by atoms with Crippen LogP contribution in [0, 0.1) is 0 Å². The zero-order valence-corrected chi connectivity index (χ0v) is 19.8. The normalized spacial score (nSPS) is 29.7. The fraction of sp³-hybridized carbons (Fsp3) is 0.650. The van der Waals surface area contributed by atoms with Crippen LogP contribution in [0.2, 0.25) is 0 Å². The summed E-state index contributed by atoms with van der Waals surface area (Å²) in [6.45, 7) is 4.39. The molecule has 156 valence electrons. The first-order valence-electron chi connectivity index (χ1n) is 9.18. The van der Waals surface area contributed by atoms with E-state index in [1.165, 1.54) is 12.8 Å². The molecule has 3 unspecified atom stereocenters. The number of aliphatic hydroxyl groups is 1. The lowest BCUT2D eigenvalue weighted by Gasteiger charge is -2.49. The zero-order chi connectivity index (χ0) is 17.3. The molecule has 2 saturated heterocycles. The number of nitrogens with zero attached hydrogens (tertiary/aromatic N) is 1. The summed E-state index contributed by atoms with van der Waals surface area (Å²) in [4.78, 5) is 12.6. The summed E-state index contributed by atoms with van der Waals surface area (Å²) < 4.78 is 6.96. The highest BCUT2D eigenvalue weighted by atomic mass is 79.9. The molecular formula is C20H34Br2N2O3. The van der Waals surface area contributed by atoms with Crippen LogP contribution in [-0.4, -0.2) is 53.4 Å². The number of halogens is 2. The van der Waals surface area contributed by atoms with Crippen molar-refractivity contribution in [2.75, 3.05) is 13.7 Å². The van der Waals surface area contributed by atoms with Crippen LogP contribution in [0.4, 0.5) is 0 Å². The van der Waals surface area contributed by atoms with Gasteiger partial charge in [0.1, 0.15) is 12.0 Å². The Labute approximate surface area is 184 Å². The molecule has 2 aliphatic heterocycles. The van der Waals surface area contributed by atoms with Crippen molar-refractivity contribution >= 4 is 23.0 Å². The molecule has 27 heavy (non-hydrogen) atoms. The van der Waals surface area contributed by atoms with Crippen molar-refractivity contribution in [3.63, 3.8) is 0 Å². The fourth-order valence-electron chi connectivity index (χ4n) is 4.82. The lowest BCUT2D eigenvalue weighted by molar-refractivity contribution is -0.968. The third kappa shape index (κ3) is 5.12. The van der Waals surface area contributed by atoms with E-state index in [2.05, 4.69) is 20.9 Å². The summed E-state index contributed by atoms with van der Waals surface area (Å²) in [5.74, 6) is -0.856. The summed E-state index contributed by atoms with van der Waals surface area (Å²) in [7, 11) is 2.37. The number of quaternary nitrogens is 1. The summed E-state index contributed by atoms with van der Waals surface area (Å²) in [6, 6.07) is 11.2. The van der Waals surface area contributed by atoms with Crippen LogP contribution in [0.3, 0.4) is 0 Å². The van der Waals surface area contributed by atoms with Crippen LogP contribution < -0.4 is 23.1 Å². The van der Waals surface area contributed by atoms with E-state index in [0.717, 1.165) is 22.9 Å². The minimum atomic E-state index is -0.572. The highest BCUT2D eigenvalue weighted by molar-refractivity contribution is 8.93. The van der Waals surface area contributed by atoms with E-state index in [-0.39, 0.29) is 58.8 Å². The largest absolute Gasteiger partial charge is 1.00 e. The summed E-state index contributed by atoms with van der Waals surface area (Å²) >= 11 is 0. The van der Waals surface area contributed by atoms with Gasteiger partial charge in [0.05, 0.1) is 31.8 Å². The average molecular weight is 510 g/mol. The van der Waals surface area contributed by atoms with Crippen LogP contribution in [-0.2, 0) is 9.53 Å². The van der Waals surface area contributed by atoms with Gasteiger partial charge in [-0.3, -0.25) is 4.79 Å². The molecule has 0 amide bonds. The van der Waals surface area contributed by atoms with Crippen LogP contribution in [0.1, 0.15) is 51.0 Å². The lowest BCUT2D eigenvalue weighted by Crippen LogP contribution is -3.00. The van der Waals surface area contributed by atoms with E-state index in [9.17, 15) is 9.90 Å². The second kappa shape index (κ2) is 10.9. The number of ether oxygens (including phenoxy) is 1. The minimum Gasteiger partial charge on any atom is -1.00 e. The van der Waals surface area contributed by atoms with Gasteiger partial charge in [-0.25, -0.2) is 0 Å². The number of esters is 1. The van der Waals surface area contributed by atoms with Gasteiger partial charge in [-0.1, -0.05) is 30.3 Å². The molecule has 5 atom stereocenters. The molecule has 2 heterocycles. The maximum absolute atomic E-state index is 12.6. The third-order valence-electron chi connectivity index (χ3n) is 6.54.